The maximum Gasteiger partial charge on any atom is 0.236 e. The van der Waals surface area contributed by atoms with Crippen LogP contribution in [-0.2, 0) is 11.3 Å². The zero-order valence-electron chi connectivity index (χ0n) is 12.6. The molecule has 0 radical (unpaired) electrons. The molecule has 1 aliphatic rings. The van der Waals surface area contributed by atoms with Gasteiger partial charge in [0.1, 0.15) is 0 Å². The molecule has 3 N–H and O–H groups in total. The molecule has 1 fully saturated rings. The lowest BCUT2D eigenvalue weighted by Crippen LogP contribution is -2.40. The zero-order chi connectivity index (χ0) is 15.2. The average Bonchev–Trinajstić information content (AvgIpc) is 2.97. The minimum absolute atomic E-state index is 0.269. The lowest BCUT2D eigenvalue weighted by atomic mass is 10.1. The number of anilines is 1. The predicted molar refractivity (Wildman–Crippen MR) is 90.3 cm³/mol. The van der Waals surface area contributed by atoms with Gasteiger partial charge >= 0.3 is 0 Å². The van der Waals surface area contributed by atoms with E-state index in [4.69, 9.17) is 5.73 Å². The Bertz CT molecular complexity index is 486. The minimum atomic E-state index is -0.269. The van der Waals surface area contributed by atoms with Crippen LogP contribution in [0.4, 0.5) is 5.69 Å². The van der Waals surface area contributed by atoms with Gasteiger partial charge in [-0.3, -0.25) is 4.79 Å². The average molecular weight is 354 g/mol. The molecular weight excluding hydrogens is 330 g/mol. The SMILES string of the molecule is CCNCc1ccc(N(CC(N)=O)C2CCCC2)cc1Br. The molecule has 1 aromatic rings. The van der Waals surface area contributed by atoms with E-state index in [9.17, 15) is 4.79 Å². The second-order valence-corrected chi connectivity index (χ2v) is 6.44. The monoisotopic (exact) mass is 353 g/mol. The summed E-state index contributed by atoms with van der Waals surface area (Å²) < 4.78 is 1.08. The number of carbonyl (C=O) groups excluding carboxylic acids is 1. The van der Waals surface area contributed by atoms with E-state index in [1.54, 1.807) is 0 Å². The Kier molecular flexibility index (Phi) is 6.06. The van der Waals surface area contributed by atoms with Crippen molar-refractivity contribution in [2.24, 2.45) is 5.73 Å². The first-order valence-corrected chi connectivity index (χ1v) is 8.45. The summed E-state index contributed by atoms with van der Waals surface area (Å²) >= 11 is 3.64. The summed E-state index contributed by atoms with van der Waals surface area (Å²) in [5.74, 6) is -0.269. The van der Waals surface area contributed by atoms with Gasteiger partial charge in [-0.25, -0.2) is 0 Å². The molecule has 5 heteroatoms. The Morgan fingerprint density at radius 2 is 2.14 bits per heavy atom. The van der Waals surface area contributed by atoms with Crippen LogP contribution in [0.1, 0.15) is 38.2 Å². The molecule has 0 spiro atoms. The third kappa shape index (κ3) is 4.45. The Morgan fingerprint density at radius 1 is 1.43 bits per heavy atom. The number of carbonyl (C=O) groups is 1. The lowest BCUT2D eigenvalue weighted by Gasteiger charge is -2.30. The van der Waals surface area contributed by atoms with E-state index in [0.717, 1.165) is 36.1 Å². The van der Waals surface area contributed by atoms with Crippen molar-refractivity contribution in [2.45, 2.75) is 45.2 Å². The van der Waals surface area contributed by atoms with Crippen LogP contribution in [0.15, 0.2) is 22.7 Å². The lowest BCUT2D eigenvalue weighted by molar-refractivity contribution is -0.116. The number of amides is 1. The Labute approximate surface area is 135 Å². The number of halogens is 1. The first kappa shape index (κ1) is 16.3. The third-order valence-corrected chi connectivity index (χ3v) is 4.76. The standard InChI is InChI=1S/C16H24BrN3O/c1-2-19-10-12-7-8-14(9-15(12)17)20(11-16(18)21)13-5-3-4-6-13/h7-9,13,19H,2-6,10-11H2,1H3,(H2,18,21). The fourth-order valence-corrected chi connectivity index (χ4v) is 3.44. The molecule has 1 aliphatic carbocycles. The molecule has 4 nitrogen and oxygen atoms in total. The van der Waals surface area contributed by atoms with E-state index >= 15 is 0 Å². The number of nitrogens with zero attached hydrogens (tertiary/aromatic N) is 1. The van der Waals surface area contributed by atoms with Gasteiger partial charge in [-0.15, -0.1) is 0 Å². The highest BCUT2D eigenvalue weighted by Crippen LogP contribution is 2.30. The van der Waals surface area contributed by atoms with Crippen molar-refractivity contribution in [2.75, 3.05) is 18.0 Å². The van der Waals surface area contributed by atoms with Gasteiger partial charge in [0, 0.05) is 22.7 Å². The van der Waals surface area contributed by atoms with E-state index in [2.05, 4.69) is 51.3 Å². The maximum atomic E-state index is 11.4. The van der Waals surface area contributed by atoms with E-state index < -0.39 is 0 Å². The summed E-state index contributed by atoms with van der Waals surface area (Å²) in [6.45, 7) is 4.18. The largest absolute Gasteiger partial charge is 0.368 e. The van der Waals surface area contributed by atoms with E-state index in [0.29, 0.717) is 12.6 Å². The van der Waals surface area contributed by atoms with Crippen molar-refractivity contribution >= 4 is 27.5 Å². The Morgan fingerprint density at radius 3 is 2.71 bits per heavy atom. The highest BCUT2D eigenvalue weighted by atomic mass is 79.9. The first-order valence-electron chi connectivity index (χ1n) is 7.66. The van der Waals surface area contributed by atoms with E-state index in [1.165, 1.54) is 18.4 Å². The van der Waals surface area contributed by atoms with Crippen LogP contribution in [-0.4, -0.2) is 25.0 Å². The molecule has 0 aromatic heterocycles. The van der Waals surface area contributed by atoms with Crippen molar-refractivity contribution in [1.82, 2.24) is 5.32 Å². The molecule has 0 atom stereocenters. The van der Waals surface area contributed by atoms with Crippen molar-refractivity contribution in [3.8, 4) is 0 Å². The zero-order valence-corrected chi connectivity index (χ0v) is 14.2. The summed E-state index contributed by atoms with van der Waals surface area (Å²) in [5, 5.41) is 3.32. The number of nitrogens with one attached hydrogen (secondary N) is 1. The fourth-order valence-electron chi connectivity index (χ4n) is 2.93. The summed E-state index contributed by atoms with van der Waals surface area (Å²) in [5.41, 5.74) is 7.73. The second kappa shape index (κ2) is 7.80. The number of hydrogen-bond donors (Lipinski definition) is 2. The summed E-state index contributed by atoms with van der Waals surface area (Å²) in [6, 6.07) is 6.75. The van der Waals surface area contributed by atoms with Gasteiger partial charge in [0.05, 0.1) is 6.54 Å². The normalized spacial score (nSPS) is 15.3. The van der Waals surface area contributed by atoms with Crippen molar-refractivity contribution in [1.29, 1.82) is 0 Å². The summed E-state index contributed by atoms with van der Waals surface area (Å²) in [7, 11) is 0. The predicted octanol–water partition coefficient (Wildman–Crippen LogP) is 2.79. The Balaban J connectivity index is 2.18. The number of benzene rings is 1. The first-order chi connectivity index (χ1) is 10.1. The molecule has 1 amide bonds. The Hall–Kier alpha value is -1.07. The van der Waals surface area contributed by atoms with E-state index in [-0.39, 0.29) is 5.91 Å². The molecule has 1 saturated carbocycles. The van der Waals surface area contributed by atoms with Crippen LogP contribution in [0.5, 0.6) is 0 Å². The summed E-state index contributed by atoms with van der Waals surface area (Å²) in [6.07, 6.45) is 4.76. The highest BCUT2D eigenvalue weighted by Gasteiger charge is 2.24. The van der Waals surface area contributed by atoms with Crippen LogP contribution in [0.3, 0.4) is 0 Å². The topological polar surface area (TPSA) is 58.4 Å². The van der Waals surface area contributed by atoms with Gasteiger partial charge in [-0.2, -0.15) is 0 Å². The van der Waals surface area contributed by atoms with Gasteiger partial charge in [0.2, 0.25) is 5.91 Å². The number of rotatable bonds is 7. The van der Waals surface area contributed by atoms with Crippen molar-refractivity contribution in [3.05, 3.63) is 28.2 Å². The number of primary amides is 1. The van der Waals surface area contributed by atoms with Gasteiger partial charge in [-0.05, 0) is 37.1 Å². The number of nitrogens with two attached hydrogens (primary N) is 1. The molecule has 116 valence electrons. The molecule has 21 heavy (non-hydrogen) atoms. The quantitative estimate of drug-likeness (QED) is 0.792. The van der Waals surface area contributed by atoms with Crippen molar-refractivity contribution < 1.29 is 4.79 Å². The minimum Gasteiger partial charge on any atom is -0.368 e. The molecule has 2 rings (SSSR count). The molecule has 0 unspecified atom stereocenters. The fraction of sp³-hybridized carbons (Fsp3) is 0.562. The van der Waals surface area contributed by atoms with Crippen LogP contribution in [0.25, 0.3) is 0 Å². The van der Waals surface area contributed by atoms with Gasteiger partial charge in [0.25, 0.3) is 0 Å². The van der Waals surface area contributed by atoms with Gasteiger partial charge in [-0.1, -0.05) is 41.8 Å². The van der Waals surface area contributed by atoms with Gasteiger partial charge < -0.3 is 16.0 Å². The van der Waals surface area contributed by atoms with Gasteiger partial charge in [0.15, 0.2) is 0 Å². The molecule has 0 bridgehead atoms. The molecule has 0 heterocycles. The second-order valence-electron chi connectivity index (χ2n) is 5.59. The van der Waals surface area contributed by atoms with Crippen LogP contribution in [0, 0.1) is 0 Å². The smallest absolute Gasteiger partial charge is 0.236 e. The highest BCUT2D eigenvalue weighted by molar-refractivity contribution is 9.10. The number of hydrogen-bond acceptors (Lipinski definition) is 3. The molecule has 0 saturated heterocycles. The maximum absolute atomic E-state index is 11.4. The van der Waals surface area contributed by atoms with Crippen LogP contribution in [0.2, 0.25) is 0 Å². The van der Waals surface area contributed by atoms with Crippen LogP contribution < -0.4 is 16.0 Å². The molecule has 1 aromatic carbocycles. The van der Waals surface area contributed by atoms with E-state index in [1.807, 2.05) is 0 Å². The third-order valence-electron chi connectivity index (χ3n) is 4.03. The summed E-state index contributed by atoms with van der Waals surface area (Å²) in [4.78, 5) is 13.6. The van der Waals surface area contributed by atoms with Crippen LogP contribution >= 0.6 is 15.9 Å². The van der Waals surface area contributed by atoms with Crippen molar-refractivity contribution in [3.63, 3.8) is 0 Å². The molecule has 0 aliphatic heterocycles. The molecular formula is C16H24BrN3O.